The summed E-state index contributed by atoms with van der Waals surface area (Å²) in [7, 11) is 1.40. The van der Waals surface area contributed by atoms with Gasteiger partial charge in [-0.05, 0) is 55.0 Å². The van der Waals surface area contributed by atoms with E-state index in [1.165, 1.54) is 43.5 Å². The Kier molecular flexibility index (Phi) is 8.27. The minimum atomic E-state index is -0.596. The molecule has 3 aromatic carbocycles. The number of carbonyl (C=O) groups excluding carboxylic acids is 2. The van der Waals surface area contributed by atoms with Crippen LogP contribution in [0.2, 0.25) is 5.02 Å². The monoisotopic (exact) mass is 497 g/mol. The molecule has 2 amide bonds. The maximum Gasteiger partial charge on any atom is 0.313 e. The van der Waals surface area contributed by atoms with Gasteiger partial charge in [0.15, 0.2) is 11.5 Å². The van der Waals surface area contributed by atoms with Crippen LogP contribution in [0.5, 0.6) is 17.2 Å². The number of benzene rings is 3. The largest absolute Gasteiger partial charge is 0.493 e. The van der Waals surface area contributed by atoms with E-state index in [1.54, 1.807) is 19.1 Å². The van der Waals surface area contributed by atoms with Crippen LogP contribution < -0.4 is 20.1 Å². The average molecular weight is 498 g/mol. The number of nitro groups is 1. The smallest absolute Gasteiger partial charge is 0.313 e. The maximum absolute atomic E-state index is 12.8. The van der Waals surface area contributed by atoms with Crippen LogP contribution in [-0.2, 0) is 4.79 Å². The van der Waals surface area contributed by atoms with Gasteiger partial charge in [0.05, 0.1) is 18.1 Å². The first kappa shape index (κ1) is 25.5. The summed E-state index contributed by atoms with van der Waals surface area (Å²) in [6, 6.07) is 15.5. The molecule has 3 rings (SSSR count). The number of methoxy groups -OCH3 is 1. The van der Waals surface area contributed by atoms with Gasteiger partial charge >= 0.3 is 5.69 Å². The van der Waals surface area contributed by atoms with Crippen LogP contribution >= 0.6 is 11.6 Å². The number of hydrogen-bond acceptors (Lipinski definition) is 6. The van der Waals surface area contributed by atoms with Crippen molar-refractivity contribution in [2.24, 2.45) is 0 Å². The second-order valence-corrected chi connectivity index (χ2v) is 7.99. The predicted molar refractivity (Wildman–Crippen MR) is 132 cm³/mol. The van der Waals surface area contributed by atoms with Crippen molar-refractivity contribution < 1.29 is 24.0 Å². The zero-order chi connectivity index (χ0) is 25.5. The highest BCUT2D eigenvalue weighted by Gasteiger charge is 2.20. The van der Waals surface area contributed by atoms with Crippen molar-refractivity contribution in [3.63, 3.8) is 0 Å². The van der Waals surface area contributed by atoms with E-state index in [9.17, 15) is 19.7 Å². The van der Waals surface area contributed by atoms with E-state index in [0.29, 0.717) is 17.7 Å². The van der Waals surface area contributed by atoms with Crippen LogP contribution in [-0.4, -0.2) is 23.8 Å². The number of nitrogens with one attached hydrogen (secondary N) is 2. The van der Waals surface area contributed by atoms with Crippen LogP contribution in [0, 0.1) is 10.1 Å². The van der Waals surface area contributed by atoms with Gasteiger partial charge in [-0.2, -0.15) is 0 Å². The van der Waals surface area contributed by atoms with Gasteiger partial charge in [-0.15, -0.1) is 0 Å². The van der Waals surface area contributed by atoms with Gasteiger partial charge in [0.2, 0.25) is 11.7 Å². The molecule has 1 atom stereocenters. The molecule has 9 nitrogen and oxygen atoms in total. The fourth-order valence-corrected chi connectivity index (χ4v) is 3.37. The number of hydrogen-bond donors (Lipinski definition) is 2. The number of nitro benzene ring substituents is 1. The normalized spacial score (nSPS) is 11.3. The number of nitrogens with zero attached hydrogens (tertiary/aromatic N) is 1. The molecule has 182 valence electrons. The molecule has 10 heteroatoms. The summed E-state index contributed by atoms with van der Waals surface area (Å²) in [5.41, 5.74) is 1.56. The summed E-state index contributed by atoms with van der Waals surface area (Å²) < 4.78 is 11.0. The summed E-state index contributed by atoms with van der Waals surface area (Å²) >= 11 is 5.85. The third kappa shape index (κ3) is 6.48. The van der Waals surface area contributed by atoms with Crippen molar-refractivity contribution in [1.82, 2.24) is 5.32 Å². The Hall–Kier alpha value is -4.11. The van der Waals surface area contributed by atoms with Gasteiger partial charge in [0.25, 0.3) is 5.91 Å². The number of carbonyl (C=O) groups is 2. The first-order chi connectivity index (χ1) is 16.7. The third-order valence-corrected chi connectivity index (χ3v) is 5.36. The number of amides is 2. The maximum atomic E-state index is 12.8. The topological polar surface area (TPSA) is 120 Å². The van der Waals surface area contributed by atoms with E-state index in [-0.39, 0.29) is 45.8 Å². The van der Waals surface area contributed by atoms with Crippen molar-refractivity contribution in [3.05, 3.63) is 86.9 Å². The second-order valence-electron chi connectivity index (χ2n) is 7.56. The quantitative estimate of drug-likeness (QED) is 0.281. The molecule has 1 unspecified atom stereocenters. The minimum absolute atomic E-state index is 0.0119. The predicted octanol–water partition coefficient (Wildman–Crippen LogP) is 5.89. The molecule has 0 radical (unpaired) electrons. The van der Waals surface area contributed by atoms with Crippen LogP contribution in [0.25, 0.3) is 0 Å². The van der Waals surface area contributed by atoms with Gasteiger partial charge in [-0.1, -0.05) is 30.7 Å². The van der Waals surface area contributed by atoms with E-state index in [4.69, 9.17) is 21.1 Å². The van der Waals surface area contributed by atoms with Crippen molar-refractivity contribution in [1.29, 1.82) is 0 Å². The lowest BCUT2D eigenvalue weighted by molar-refractivity contribution is -0.385. The van der Waals surface area contributed by atoms with Gasteiger partial charge in [-0.3, -0.25) is 19.7 Å². The summed E-state index contributed by atoms with van der Waals surface area (Å²) in [4.78, 5) is 35.1. The van der Waals surface area contributed by atoms with Crippen LogP contribution in [0.4, 0.5) is 11.4 Å². The molecule has 0 heterocycles. The van der Waals surface area contributed by atoms with Crippen molar-refractivity contribution in [2.75, 3.05) is 12.4 Å². The average Bonchev–Trinajstić information content (AvgIpc) is 2.85. The Bertz CT molecular complexity index is 1250. The number of anilines is 1. The molecule has 0 saturated carbocycles. The molecule has 0 saturated heterocycles. The highest BCUT2D eigenvalue weighted by Crippen LogP contribution is 2.38. The summed E-state index contributed by atoms with van der Waals surface area (Å²) in [5, 5.41) is 17.2. The van der Waals surface area contributed by atoms with Crippen LogP contribution in [0.15, 0.2) is 60.7 Å². The van der Waals surface area contributed by atoms with E-state index in [0.717, 1.165) is 5.56 Å². The standard InChI is InChI=1S/C25H24ClN3O6/c1-4-24(30)28-19-9-5-16(6-10-19)15(2)27-25(31)17-7-11-22(23(13-17)34-3)35-21-12-8-18(26)14-20(21)29(32)33/h5-15H,4H2,1-3H3,(H,27,31)(H,28,30). The Morgan fingerprint density at radius 1 is 1.03 bits per heavy atom. The Labute approximate surface area is 207 Å². The van der Waals surface area contributed by atoms with Crippen molar-refractivity contribution in [2.45, 2.75) is 26.3 Å². The Morgan fingerprint density at radius 2 is 1.71 bits per heavy atom. The number of rotatable bonds is 9. The molecule has 0 aliphatic rings. The second kappa shape index (κ2) is 11.3. The Morgan fingerprint density at radius 3 is 2.34 bits per heavy atom. The summed E-state index contributed by atoms with van der Waals surface area (Å²) in [5.74, 6) is -0.00534. The van der Waals surface area contributed by atoms with Crippen molar-refractivity contribution >= 4 is 34.8 Å². The zero-order valence-corrected chi connectivity index (χ0v) is 20.1. The van der Waals surface area contributed by atoms with Gasteiger partial charge < -0.3 is 20.1 Å². The van der Waals surface area contributed by atoms with E-state index >= 15 is 0 Å². The fraction of sp³-hybridized carbons (Fsp3) is 0.200. The Balaban J connectivity index is 1.73. The molecule has 0 bridgehead atoms. The molecule has 0 aliphatic heterocycles. The van der Waals surface area contributed by atoms with E-state index in [2.05, 4.69) is 10.6 Å². The van der Waals surface area contributed by atoms with E-state index < -0.39 is 4.92 Å². The highest BCUT2D eigenvalue weighted by molar-refractivity contribution is 6.30. The molecule has 0 aliphatic carbocycles. The molecular weight excluding hydrogens is 474 g/mol. The molecule has 3 aromatic rings. The molecule has 0 aromatic heterocycles. The van der Waals surface area contributed by atoms with Crippen molar-refractivity contribution in [3.8, 4) is 17.2 Å². The molecule has 2 N–H and O–H groups in total. The van der Waals surface area contributed by atoms with Gasteiger partial charge in [0.1, 0.15) is 0 Å². The van der Waals surface area contributed by atoms with Crippen LogP contribution in [0.3, 0.4) is 0 Å². The lowest BCUT2D eigenvalue weighted by atomic mass is 10.1. The molecular formula is C25H24ClN3O6. The fourth-order valence-electron chi connectivity index (χ4n) is 3.20. The lowest BCUT2D eigenvalue weighted by Gasteiger charge is -2.16. The van der Waals surface area contributed by atoms with Gasteiger partial charge in [0, 0.05) is 28.8 Å². The first-order valence-corrected chi connectivity index (χ1v) is 11.1. The highest BCUT2D eigenvalue weighted by atomic mass is 35.5. The number of halogens is 1. The SMILES string of the molecule is CCC(=O)Nc1ccc(C(C)NC(=O)c2ccc(Oc3ccc(Cl)cc3[N+](=O)[O-])c(OC)c2)cc1. The van der Waals surface area contributed by atoms with Crippen LogP contribution in [0.1, 0.15) is 42.2 Å². The number of ether oxygens (including phenoxy) is 2. The minimum Gasteiger partial charge on any atom is -0.493 e. The zero-order valence-electron chi connectivity index (χ0n) is 19.3. The summed E-state index contributed by atoms with van der Waals surface area (Å²) in [6.07, 6.45) is 0.387. The molecule has 0 spiro atoms. The third-order valence-electron chi connectivity index (χ3n) is 5.13. The molecule has 0 fully saturated rings. The molecule has 35 heavy (non-hydrogen) atoms. The first-order valence-electron chi connectivity index (χ1n) is 10.7. The lowest BCUT2D eigenvalue weighted by Crippen LogP contribution is -2.26. The van der Waals surface area contributed by atoms with Gasteiger partial charge in [-0.25, -0.2) is 0 Å². The van der Waals surface area contributed by atoms with E-state index in [1.807, 2.05) is 19.1 Å². The summed E-state index contributed by atoms with van der Waals surface area (Å²) in [6.45, 7) is 3.61.